The Labute approximate surface area is 120 Å². The minimum Gasteiger partial charge on any atom is -0.380 e. The van der Waals surface area contributed by atoms with Gasteiger partial charge in [-0.15, -0.1) is 0 Å². The number of methoxy groups -OCH3 is 1. The minimum atomic E-state index is 0.626. The molecule has 4 heteroatoms. The first-order valence-corrected chi connectivity index (χ1v) is 6.87. The van der Waals surface area contributed by atoms with Gasteiger partial charge in [-0.2, -0.15) is 0 Å². The lowest BCUT2D eigenvalue weighted by Gasteiger charge is -2.11. The lowest BCUT2D eigenvalue weighted by atomic mass is 10.1. The summed E-state index contributed by atoms with van der Waals surface area (Å²) < 4.78 is 5.22. The second kappa shape index (κ2) is 7.01. The number of hydrogen-bond acceptors (Lipinski definition) is 4. The van der Waals surface area contributed by atoms with Crippen molar-refractivity contribution >= 4 is 5.82 Å². The van der Waals surface area contributed by atoms with E-state index in [2.05, 4.69) is 34.3 Å². The van der Waals surface area contributed by atoms with Gasteiger partial charge in [-0.05, 0) is 24.5 Å². The highest BCUT2D eigenvalue weighted by atomic mass is 16.5. The van der Waals surface area contributed by atoms with E-state index in [-0.39, 0.29) is 0 Å². The second-order valence-corrected chi connectivity index (χ2v) is 4.70. The molecule has 0 bridgehead atoms. The van der Waals surface area contributed by atoms with Crippen molar-refractivity contribution in [2.75, 3.05) is 12.4 Å². The van der Waals surface area contributed by atoms with Gasteiger partial charge in [0, 0.05) is 25.4 Å². The lowest BCUT2D eigenvalue weighted by molar-refractivity contribution is 0.184. The van der Waals surface area contributed by atoms with Crippen molar-refractivity contribution in [1.82, 2.24) is 9.97 Å². The molecule has 0 fully saturated rings. The predicted molar refractivity (Wildman–Crippen MR) is 80.6 cm³/mol. The Hall–Kier alpha value is -1.94. The van der Waals surface area contributed by atoms with Crippen molar-refractivity contribution in [3.63, 3.8) is 0 Å². The zero-order chi connectivity index (χ0) is 14.4. The van der Waals surface area contributed by atoms with E-state index in [0.717, 1.165) is 30.3 Å². The Morgan fingerprint density at radius 3 is 2.60 bits per heavy atom. The van der Waals surface area contributed by atoms with Gasteiger partial charge in [0.05, 0.1) is 6.61 Å². The van der Waals surface area contributed by atoms with Crippen LogP contribution in [0.25, 0.3) is 0 Å². The van der Waals surface area contributed by atoms with Crippen LogP contribution in [-0.4, -0.2) is 17.1 Å². The van der Waals surface area contributed by atoms with Crippen LogP contribution >= 0.6 is 0 Å². The third-order valence-electron chi connectivity index (χ3n) is 3.13. The van der Waals surface area contributed by atoms with Gasteiger partial charge in [0.1, 0.15) is 11.6 Å². The molecule has 1 aromatic carbocycles. The fraction of sp³-hybridized carbons (Fsp3) is 0.375. The van der Waals surface area contributed by atoms with Crippen LogP contribution in [-0.2, 0) is 24.3 Å². The van der Waals surface area contributed by atoms with Crippen LogP contribution in [0.5, 0.6) is 0 Å². The van der Waals surface area contributed by atoms with E-state index in [1.807, 2.05) is 25.1 Å². The van der Waals surface area contributed by atoms with Crippen LogP contribution in [0.4, 0.5) is 5.82 Å². The molecule has 1 aromatic heterocycles. The molecule has 0 spiro atoms. The molecule has 0 unspecified atom stereocenters. The van der Waals surface area contributed by atoms with Gasteiger partial charge < -0.3 is 10.1 Å². The Morgan fingerprint density at radius 2 is 1.90 bits per heavy atom. The summed E-state index contributed by atoms with van der Waals surface area (Å²) in [5.41, 5.74) is 3.48. The third kappa shape index (κ3) is 3.78. The number of anilines is 1. The summed E-state index contributed by atoms with van der Waals surface area (Å²) in [6.07, 6.45) is 0.915. The van der Waals surface area contributed by atoms with Gasteiger partial charge in [0.25, 0.3) is 0 Å². The highest BCUT2D eigenvalue weighted by molar-refractivity contribution is 5.38. The van der Waals surface area contributed by atoms with Crippen LogP contribution < -0.4 is 5.32 Å². The van der Waals surface area contributed by atoms with Crippen LogP contribution in [0, 0.1) is 6.92 Å². The maximum atomic E-state index is 5.22. The fourth-order valence-electron chi connectivity index (χ4n) is 2.11. The number of nitrogens with zero attached hydrogens (tertiary/aromatic N) is 2. The van der Waals surface area contributed by atoms with Gasteiger partial charge in [-0.25, -0.2) is 9.97 Å². The molecule has 0 aliphatic heterocycles. The van der Waals surface area contributed by atoms with E-state index in [4.69, 9.17) is 4.74 Å². The van der Waals surface area contributed by atoms with Gasteiger partial charge in [0.15, 0.2) is 0 Å². The van der Waals surface area contributed by atoms with E-state index < -0.39 is 0 Å². The molecule has 0 atom stereocenters. The number of nitrogens with one attached hydrogen (secondary N) is 1. The standard InChI is InChI=1S/C16H21N3O/c1-4-15-9-16(19-12(2)18-15)17-10-13-7-5-6-8-14(13)11-20-3/h5-9H,4,10-11H2,1-3H3,(H,17,18,19). The van der Waals surface area contributed by atoms with Gasteiger partial charge in [-0.3, -0.25) is 0 Å². The molecule has 4 nitrogen and oxygen atoms in total. The monoisotopic (exact) mass is 271 g/mol. The highest BCUT2D eigenvalue weighted by Gasteiger charge is 2.04. The summed E-state index contributed by atoms with van der Waals surface area (Å²) >= 11 is 0. The van der Waals surface area contributed by atoms with Crippen molar-refractivity contribution in [1.29, 1.82) is 0 Å². The smallest absolute Gasteiger partial charge is 0.130 e. The van der Waals surface area contributed by atoms with E-state index in [1.165, 1.54) is 11.1 Å². The Bertz CT molecular complexity index is 569. The van der Waals surface area contributed by atoms with Gasteiger partial charge in [0.2, 0.25) is 0 Å². The van der Waals surface area contributed by atoms with Crippen LogP contribution in [0.2, 0.25) is 0 Å². The number of ether oxygens (including phenoxy) is 1. The van der Waals surface area contributed by atoms with Crippen LogP contribution in [0.3, 0.4) is 0 Å². The molecule has 0 amide bonds. The molecule has 106 valence electrons. The molecule has 2 rings (SSSR count). The van der Waals surface area contributed by atoms with E-state index >= 15 is 0 Å². The fourth-order valence-corrected chi connectivity index (χ4v) is 2.11. The molecule has 0 radical (unpaired) electrons. The third-order valence-corrected chi connectivity index (χ3v) is 3.13. The SMILES string of the molecule is CCc1cc(NCc2ccccc2COC)nc(C)n1. The summed E-state index contributed by atoms with van der Waals surface area (Å²) in [5.74, 6) is 1.68. The number of aromatic nitrogens is 2. The molecular formula is C16H21N3O. The van der Waals surface area contributed by atoms with Crippen LogP contribution in [0.15, 0.2) is 30.3 Å². The first kappa shape index (κ1) is 14.5. The Kier molecular flexibility index (Phi) is 5.07. The first-order chi connectivity index (χ1) is 9.72. The number of rotatable bonds is 6. The Morgan fingerprint density at radius 1 is 1.15 bits per heavy atom. The average Bonchev–Trinajstić information content (AvgIpc) is 2.46. The van der Waals surface area contributed by atoms with Crippen molar-refractivity contribution < 1.29 is 4.74 Å². The molecule has 0 aliphatic carbocycles. The highest BCUT2D eigenvalue weighted by Crippen LogP contribution is 2.13. The van der Waals surface area contributed by atoms with E-state index in [0.29, 0.717) is 6.61 Å². The van der Waals surface area contributed by atoms with E-state index in [9.17, 15) is 0 Å². The Balaban J connectivity index is 2.10. The van der Waals surface area contributed by atoms with Crippen molar-refractivity contribution in [3.05, 3.63) is 53.0 Å². The maximum absolute atomic E-state index is 5.22. The molecule has 20 heavy (non-hydrogen) atoms. The molecule has 2 aromatic rings. The summed E-state index contributed by atoms with van der Waals surface area (Å²) in [6, 6.07) is 10.3. The number of benzene rings is 1. The predicted octanol–water partition coefficient (Wildman–Crippen LogP) is 3.11. The first-order valence-electron chi connectivity index (χ1n) is 6.87. The lowest BCUT2D eigenvalue weighted by Crippen LogP contribution is -2.07. The van der Waals surface area contributed by atoms with E-state index in [1.54, 1.807) is 7.11 Å². The number of hydrogen-bond donors (Lipinski definition) is 1. The zero-order valence-corrected chi connectivity index (χ0v) is 12.3. The minimum absolute atomic E-state index is 0.626. The normalized spacial score (nSPS) is 10.6. The van der Waals surface area contributed by atoms with Crippen LogP contribution in [0.1, 0.15) is 29.6 Å². The molecule has 1 N–H and O–H groups in total. The number of aryl methyl sites for hydroxylation is 2. The molecule has 1 heterocycles. The second-order valence-electron chi connectivity index (χ2n) is 4.70. The largest absolute Gasteiger partial charge is 0.380 e. The topological polar surface area (TPSA) is 47.0 Å². The quantitative estimate of drug-likeness (QED) is 0.877. The summed E-state index contributed by atoms with van der Waals surface area (Å²) in [4.78, 5) is 8.80. The molecule has 0 saturated carbocycles. The average molecular weight is 271 g/mol. The van der Waals surface area contributed by atoms with Crippen molar-refractivity contribution in [2.45, 2.75) is 33.4 Å². The summed E-state index contributed by atoms with van der Waals surface area (Å²) in [5, 5.41) is 3.37. The summed E-state index contributed by atoms with van der Waals surface area (Å²) in [7, 11) is 1.71. The molecule has 0 saturated heterocycles. The molecular weight excluding hydrogens is 250 g/mol. The van der Waals surface area contributed by atoms with Gasteiger partial charge >= 0.3 is 0 Å². The summed E-state index contributed by atoms with van der Waals surface area (Å²) in [6.45, 7) is 5.38. The van der Waals surface area contributed by atoms with Crippen molar-refractivity contribution in [2.24, 2.45) is 0 Å². The molecule has 0 aliphatic rings. The van der Waals surface area contributed by atoms with Gasteiger partial charge in [-0.1, -0.05) is 31.2 Å². The van der Waals surface area contributed by atoms with Crippen molar-refractivity contribution in [3.8, 4) is 0 Å². The zero-order valence-electron chi connectivity index (χ0n) is 12.3. The maximum Gasteiger partial charge on any atom is 0.130 e.